The molecule has 4 nitrogen and oxygen atoms in total. The van der Waals surface area contributed by atoms with Crippen molar-refractivity contribution < 1.29 is 9.53 Å². The Kier molecular flexibility index (Phi) is 4.91. The van der Waals surface area contributed by atoms with Crippen LogP contribution in [0.5, 0.6) is 5.75 Å². The molecule has 4 aromatic rings. The zero-order chi connectivity index (χ0) is 19.5. The molecule has 0 bridgehead atoms. The summed E-state index contributed by atoms with van der Waals surface area (Å²) in [6, 6.07) is 23.6. The zero-order valence-electron chi connectivity index (χ0n) is 15.1. The molecule has 0 unspecified atom stereocenters. The molecule has 1 N–H and O–H groups in total. The van der Waals surface area contributed by atoms with E-state index in [0.717, 1.165) is 10.3 Å². The molecule has 0 spiro atoms. The zero-order valence-corrected chi connectivity index (χ0v) is 16.0. The lowest BCUT2D eigenvalue weighted by atomic mass is 10.1. The SMILES string of the molecule is COc1ccc(-c2c(NC(=O)c3ccccc3)sc3ccccc3c2=O)cc1. The van der Waals surface area contributed by atoms with Crippen LogP contribution in [-0.4, -0.2) is 13.0 Å². The van der Waals surface area contributed by atoms with Crippen LogP contribution < -0.4 is 15.5 Å². The van der Waals surface area contributed by atoms with Gasteiger partial charge < -0.3 is 10.1 Å². The number of rotatable bonds is 4. The van der Waals surface area contributed by atoms with Gasteiger partial charge in [-0.2, -0.15) is 0 Å². The third-order valence-corrected chi connectivity index (χ3v) is 5.53. The first-order valence-corrected chi connectivity index (χ1v) is 9.55. The van der Waals surface area contributed by atoms with E-state index in [1.165, 1.54) is 11.3 Å². The summed E-state index contributed by atoms with van der Waals surface area (Å²) in [5, 5.41) is 4.10. The molecule has 3 aromatic carbocycles. The molecular weight excluding hydrogens is 370 g/mol. The van der Waals surface area contributed by atoms with Gasteiger partial charge in [0.2, 0.25) is 0 Å². The maximum Gasteiger partial charge on any atom is 0.256 e. The number of nitrogens with one attached hydrogen (secondary N) is 1. The lowest BCUT2D eigenvalue weighted by Crippen LogP contribution is -2.15. The van der Waals surface area contributed by atoms with Gasteiger partial charge in [0.05, 0.1) is 12.7 Å². The highest BCUT2D eigenvalue weighted by molar-refractivity contribution is 7.22. The van der Waals surface area contributed by atoms with Crippen molar-refractivity contribution in [1.82, 2.24) is 0 Å². The fraction of sp³-hybridized carbons (Fsp3) is 0.0435. The number of carbonyl (C=O) groups is 1. The van der Waals surface area contributed by atoms with Crippen LogP contribution in [0.4, 0.5) is 5.00 Å². The monoisotopic (exact) mass is 387 g/mol. The molecule has 1 amide bonds. The van der Waals surface area contributed by atoms with Gasteiger partial charge in [-0.15, -0.1) is 11.3 Å². The molecule has 0 aliphatic carbocycles. The topological polar surface area (TPSA) is 55.4 Å². The van der Waals surface area contributed by atoms with Gasteiger partial charge >= 0.3 is 0 Å². The standard InChI is InChI=1S/C23H17NO3S/c1-27-17-13-11-15(12-14-17)20-21(25)18-9-5-6-10-19(18)28-23(20)24-22(26)16-7-3-2-4-8-16/h2-14H,1H3,(H,24,26). The van der Waals surface area contributed by atoms with Crippen LogP contribution in [0.15, 0.2) is 83.7 Å². The van der Waals surface area contributed by atoms with E-state index in [9.17, 15) is 9.59 Å². The second kappa shape index (κ2) is 7.66. The van der Waals surface area contributed by atoms with E-state index in [4.69, 9.17) is 4.74 Å². The van der Waals surface area contributed by atoms with Gasteiger partial charge in [-0.05, 0) is 42.0 Å². The van der Waals surface area contributed by atoms with Crippen molar-refractivity contribution in [2.75, 3.05) is 12.4 Å². The summed E-state index contributed by atoms with van der Waals surface area (Å²) in [7, 11) is 1.59. The van der Waals surface area contributed by atoms with Gasteiger partial charge in [0.1, 0.15) is 10.8 Å². The molecule has 5 heteroatoms. The van der Waals surface area contributed by atoms with Crippen molar-refractivity contribution >= 4 is 32.3 Å². The molecular formula is C23H17NO3S. The molecule has 1 heterocycles. The van der Waals surface area contributed by atoms with Crippen LogP contribution in [0.1, 0.15) is 10.4 Å². The second-order valence-corrected chi connectivity index (χ2v) is 7.23. The molecule has 0 atom stereocenters. The molecule has 0 saturated carbocycles. The average molecular weight is 387 g/mol. The van der Waals surface area contributed by atoms with Crippen molar-refractivity contribution in [2.24, 2.45) is 0 Å². The molecule has 0 fully saturated rings. The van der Waals surface area contributed by atoms with Crippen LogP contribution >= 0.6 is 11.3 Å². The minimum atomic E-state index is -0.249. The minimum absolute atomic E-state index is 0.108. The number of ether oxygens (including phenoxy) is 1. The van der Waals surface area contributed by atoms with E-state index >= 15 is 0 Å². The smallest absolute Gasteiger partial charge is 0.256 e. The van der Waals surface area contributed by atoms with Gasteiger partial charge in [-0.3, -0.25) is 9.59 Å². The predicted molar refractivity (Wildman–Crippen MR) is 114 cm³/mol. The number of hydrogen-bond donors (Lipinski definition) is 1. The third-order valence-electron chi connectivity index (χ3n) is 4.44. The average Bonchev–Trinajstić information content (AvgIpc) is 2.75. The number of benzene rings is 3. The molecule has 4 rings (SSSR count). The number of hydrogen-bond acceptors (Lipinski definition) is 4. The number of carbonyl (C=O) groups excluding carboxylic acids is 1. The largest absolute Gasteiger partial charge is 0.497 e. The predicted octanol–water partition coefficient (Wildman–Crippen LogP) is 5.19. The van der Waals surface area contributed by atoms with Crippen LogP contribution in [0.3, 0.4) is 0 Å². The van der Waals surface area contributed by atoms with Crippen molar-refractivity contribution in [3.8, 4) is 16.9 Å². The van der Waals surface area contributed by atoms with Crippen LogP contribution in [0, 0.1) is 0 Å². The second-order valence-electron chi connectivity index (χ2n) is 6.18. The Bertz CT molecular complexity index is 1200. The van der Waals surface area contributed by atoms with Crippen molar-refractivity contribution in [3.05, 3.63) is 94.6 Å². The fourth-order valence-electron chi connectivity index (χ4n) is 3.01. The summed E-state index contributed by atoms with van der Waals surface area (Å²) >= 11 is 1.39. The fourth-order valence-corrected chi connectivity index (χ4v) is 4.11. The summed E-state index contributed by atoms with van der Waals surface area (Å²) < 4.78 is 6.04. The maximum absolute atomic E-state index is 13.2. The first kappa shape index (κ1) is 17.9. The number of anilines is 1. The third kappa shape index (κ3) is 3.40. The molecule has 0 aliphatic heterocycles. The highest BCUT2D eigenvalue weighted by Gasteiger charge is 2.17. The van der Waals surface area contributed by atoms with Gasteiger partial charge in [0.25, 0.3) is 5.91 Å². The molecule has 0 saturated heterocycles. The summed E-state index contributed by atoms with van der Waals surface area (Å²) in [6.45, 7) is 0. The van der Waals surface area contributed by atoms with Gasteiger partial charge in [0, 0.05) is 15.6 Å². The van der Waals surface area contributed by atoms with Crippen molar-refractivity contribution in [1.29, 1.82) is 0 Å². The number of amides is 1. The molecule has 28 heavy (non-hydrogen) atoms. The lowest BCUT2D eigenvalue weighted by Gasteiger charge is -2.12. The van der Waals surface area contributed by atoms with Crippen molar-refractivity contribution in [3.63, 3.8) is 0 Å². The van der Waals surface area contributed by atoms with Gasteiger partial charge in [-0.1, -0.05) is 42.5 Å². The number of methoxy groups -OCH3 is 1. The van der Waals surface area contributed by atoms with Gasteiger partial charge in [0.15, 0.2) is 5.43 Å². The molecule has 0 radical (unpaired) electrons. The Balaban J connectivity index is 1.88. The quantitative estimate of drug-likeness (QED) is 0.524. The highest BCUT2D eigenvalue weighted by atomic mass is 32.1. The van der Waals surface area contributed by atoms with E-state index in [2.05, 4.69) is 5.32 Å². The Morgan fingerprint density at radius 2 is 1.57 bits per heavy atom. The minimum Gasteiger partial charge on any atom is -0.497 e. The van der Waals surface area contributed by atoms with E-state index in [0.29, 0.717) is 27.3 Å². The summed E-state index contributed by atoms with van der Waals surface area (Å²) in [5.74, 6) is 0.455. The van der Waals surface area contributed by atoms with Crippen LogP contribution in [-0.2, 0) is 0 Å². The first-order chi connectivity index (χ1) is 13.7. The number of fused-ring (bicyclic) bond motifs is 1. The summed E-state index contributed by atoms with van der Waals surface area (Å²) in [6.07, 6.45) is 0. The van der Waals surface area contributed by atoms with E-state index in [1.54, 1.807) is 31.4 Å². The Morgan fingerprint density at radius 3 is 2.29 bits per heavy atom. The van der Waals surface area contributed by atoms with E-state index in [1.807, 2.05) is 54.6 Å². The summed E-state index contributed by atoms with van der Waals surface area (Å²) in [4.78, 5) is 26.0. The normalized spacial score (nSPS) is 10.6. The summed E-state index contributed by atoms with van der Waals surface area (Å²) in [5.41, 5.74) is 1.64. The van der Waals surface area contributed by atoms with Crippen molar-refractivity contribution in [2.45, 2.75) is 0 Å². The van der Waals surface area contributed by atoms with Crippen LogP contribution in [0.2, 0.25) is 0 Å². The highest BCUT2D eigenvalue weighted by Crippen LogP contribution is 2.34. The lowest BCUT2D eigenvalue weighted by molar-refractivity contribution is 0.102. The van der Waals surface area contributed by atoms with E-state index in [-0.39, 0.29) is 11.3 Å². The Hall–Kier alpha value is -3.44. The first-order valence-electron chi connectivity index (χ1n) is 8.74. The Morgan fingerprint density at radius 1 is 0.893 bits per heavy atom. The molecule has 0 aliphatic rings. The van der Waals surface area contributed by atoms with Crippen LogP contribution in [0.25, 0.3) is 21.2 Å². The van der Waals surface area contributed by atoms with E-state index < -0.39 is 0 Å². The molecule has 138 valence electrons. The Labute approximate surface area is 166 Å². The molecule has 1 aromatic heterocycles. The van der Waals surface area contributed by atoms with Gasteiger partial charge in [-0.25, -0.2) is 0 Å². The maximum atomic E-state index is 13.2.